The van der Waals surface area contributed by atoms with Crippen LogP contribution >= 0.6 is 45.2 Å². The van der Waals surface area contributed by atoms with Gasteiger partial charge in [-0.15, -0.1) is 0 Å². The number of nitrogens with zero attached hydrogens (tertiary/aromatic N) is 1. The summed E-state index contributed by atoms with van der Waals surface area (Å²) in [4.78, 5) is 23.6. The number of hydrogen-bond donors (Lipinski definition) is 1. The van der Waals surface area contributed by atoms with Gasteiger partial charge in [0.2, 0.25) is 0 Å². The number of hydrogen-bond acceptors (Lipinski definition) is 5. The molecule has 0 heterocycles. The lowest BCUT2D eigenvalue weighted by Gasteiger charge is -2.11. The average Bonchev–Trinajstić information content (AvgIpc) is 2.61. The first-order chi connectivity index (χ1) is 12.8. The van der Waals surface area contributed by atoms with Gasteiger partial charge in [0.25, 0.3) is 5.91 Å². The van der Waals surface area contributed by atoms with Crippen molar-refractivity contribution in [2.75, 3.05) is 12.4 Å². The molecule has 0 saturated heterocycles. The molecular formula is C19H14I2N2O4. The van der Waals surface area contributed by atoms with Crippen LogP contribution in [0.4, 0.5) is 5.69 Å². The Morgan fingerprint density at radius 2 is 1.96 bits per heavy atom. The van der Waals surface area contributed by atoms with Gasteiger partial charge in [-0.05, 0) is 87.2 Å². The van der Waals surface area contributed by atoms with Gasteiger partial charge in [0.15, 0.2) is 11.5 Å². The smallest absolute Gasteiger partial charge is 0.308 e. The summed E-state index contributed by atoms with van der Waals surface area (Å²) < 4.78 is 12.0. The normalized spacial score (nSPS) is 10.7. The maximum Gasteiger partial charge on any atom is 0.308 e. The molecule has 0 spiro atoms. The quantitative estimate of drug-likeness (QED) is 0.184. The van der Waals surface area contributed by atoms with Gasteiger partial charge in [0.1, 0.15) is 11.6 Å². The summed E-state index contributed by atoms with van der Waals surface area (Å²) in [5, 5.41) is 12.1. The Morgan fingerprint density at radius 1 is 1.22 bits per heavy atom. The molecule has 0 bridgehead atoms. The van der Waals surface area contributed by atoms with Crippen LogP contribution in [0.1, 0.15) is 12.5 Å². The molecule has 1 N–H and O–H groups in total. The Labute approximate surface area is 183 Å². The number of ether oxygens (including phenoxy) is 2. The van der Waals surface area contributed by atoms with E-state index < -0.39 is 11.9 Å². The van der Waals surface area contributed by atoms with Crippen molar-refractivity contribution in [3.63, 3.8) is 0 Å². The second-order valence-electron chi connectivity index (χ2n) is 5.26. The number of esters is 1. The Morgan fingerprint density at radius 3 is 2.56 bits per heavy atom. The molecule has 8 heteroatoms. The van der Waals surface area contributed by atoms with Gasteiger partial charge in [0.05, 0.1) is 10.7 Å². The standard InChI is InChI=1S/C19H14I2N2O4/c1-11(24)27-18-16(21)7-12(8-17(18)26-2)6-13(10-22)19(25)23-15-5-3-4-14(20)9-15/h3-9H,1-2H3,(H,23,25)/b13-6+. The topological polar surface area (TPSA) is 88.4 Å². The number of nitriles is 1. The monoisotopic (exact) mass is 588 g/mol. The van der Waals surface area contributed by atoms with Crippen molar-refractivity contribution >= 4 is 68.8 Å². The summed E-state index contributed by atoms with van der Waals surface area (Å²) in [5.41, 5.74) is 1.11. The second kappa shape index (κ2) is 9.70. The molecular weight excluding hydrogens is 574 g/mol. The van der Waals surface area contributed by atoms with Crippen molar-refractivity contribution in [3.05, 3.63) is 54.7 Å². The Bertz CT molecular complexity index is 965. The fourth-order valence-corrected chi connectivity index (χ4v) is 3.42. The van der Waals surface area contributed by atoms with E-state index in [9.17, 15) is 14.9 Å². The van der Waals surface area contributed by atoms with Crippen molar-refractivity contribution in [1.82, 2.24) is 0 Å². The number of anilines is 1. The fraction of sp³-hybridized carbons (Fsp3) is 0.105. The van der Waals surface area contributed by atoms with E-state index in [4.69, 9.17) is 9.47 Å². The van der Waals surface area contributed by atoms with E-state index in [2.05, 4.69) is 27.9 Å². The van der Waals surface area contributed by atoms with E-state index in [-0.39, 0.29) is 5.57 Å². The van der Waals surface area contributed by atoms with E-state index in [1.54, 1.807) is 24.3 Å². The zero-order chi connectivity index (χ0) is 20.0. The lowest BCUT2D eigenvalue weighted by atomic mass is 10.1. The molecule has 2 aromatic rings. The van der Waals surface area contributed by atoms with E-state index >= 15 is 0 Å². The molecule has 2 rings (SSSR count). The van der Waals surface area contributed by atoms with Crippen LogP contribution in [-0.4, -0.2) is 19.0 Å². The molecule has 0 fully saturated rings. The summed E-state index contributed by atoms with van der Waals surface area (Å²) in [5.74, 6) is -0.357. The second-order valence-corrected chi connectivity index (χ2v) is 7.67. The van der Waals surface area contributed by atoms with Gasteiger partial charge in [-0.3, -0.25) is 9.59 Å². The van der Waals surface area contributed by atoms with E-state index in [0.29, 0.717) is 26.3 Å². The maximum atomic E-state index is 12.4. The van der Waals surface area contributed by atoms with Crippen LogP contribution in [-0.2, 0) is 9.59 Å². The first-order valence-electron chi connectivity index (χ1n) is 7.58. The minimum Gasteiger partial charge on any atom is -0.493 e. The summed E-state index contributed by atoms with van der Waals surface area (Å²) in [6.07, 6.45) is 1.45. The van der Waals surface area contributed by atoms with E-state index in [1.165, 1.54) is 20.1 Å². The lowest BCUT2D eigenvalue weighted by molar-refractivity contribution is -0.132. The Hall–Kier alpha value is -2.13. The first-order valence-corrected chi connectivity index (χ1v) is 9.74. The van der Waals surface area contributed by atoms with Crippen LogP contribution in [0.15, 0.2) is 42.0 Å². The number of nitrogens with one attached hydrogen (secondary N) is 1. The van der Waals surface area contributed by atoms with Gasteiger partial charge in [0, 0.05) is 16.2 Å². The number of methoxy groups -OCH3 is 1. The van der Waals surface area contributed by atoms with Gasteiger partial charge < -0.3 is 14.8 Å². The summed E-state index contributed by atoms with van der Waals surface area (Å²) >= 11 is 4.13. The minimum absolute atomic E-state index is 0.0630. The Balaban J connectivity index is 2.34. The predicted octanol–water partition coefficient (Wildman–Crippen LogP) is 4.38. The number of halogens is 2. The van der Waals surface area contributed by atoms with Crippen molar-refractivity contribution in [3.8, 4) is 17.6 Å². The zero-order valence-corrected chi connectivity index (χ0v) is 18.7. The van der Waals surface area contributed by atoms with Crippen LogP contribution < -0.4 is 14.8 Å². The number of benzene rings is 2. The number of amides is 1. The molecule has 0 aliphatic carbocycles. The molecule has 0 unspecified atom stereocenters. The van der Waals surface area contributed by atoms with Crippen LogP contribution in [0.25, 0.3) is 6.08 Å². The number of rotatable bonds is 5. The molecule has 0 atom stereocenters. The third-order valence-corrected chi connectivity index (χ3v) is 4.73. The highest BCUT2D eigenvalue weighted by molar-refractivity contribution is 14.1. The predicted molar refractivity (Wildman–Crippen MR) is 118 cm³/mol. The van der Waals surface area contributed by atoms with Crippen molar-refractivity contribution < 1.29 is 19.1 Å². The van der Waals surface area contributed by atoms with Gasteiger partial charge >= 0.3 is 5.97 Å². The molecule has 138 valence electrons. The SMILES string of the molecule is COc1cc(/C=C(\C#N)C(=O)Nc2cccc(I)c2)cc(I)c1OC(C)=O. The summed E-state index contributed by atoms with van der Waals surface area (Å²) in [6.45, 7) is 1.30. The molecule has 0 saturated carbocycles. The minimum atomic E-state index is -0.516. The van der Waals surface area contributed by atoms with Crippen molar-refractivity contribution in [2.45, 2.75) is 6.92 Å². The zero-order valence-electron chi connectivity index (χ0n) is 14.4. The molecule has 6 nitrogen and oxygen atoms in total. The fourth-order valence-electron chi connectivity index (χ4n) is 2.15. The summed E-state index contributed by atoms with van der Waals surface area (Å²) in [7, 11) is 1.45. The molecule has 0 aromatic heterocycles. The summed E-state index contributed by atoms with van der Waals surface area (Å²) in [6, 6.07) is 12.4. The number of carbonyl (C=O) groups excluding carboxylic acids is 2. The van der Waals surface area contributed by atoms with Crippen LogP contribution in [0.3, 0.4) is 0 Å². The highest BCUT2D eigenvalue weighted by atomic mass is 127. The first kappa shape index (κ1) is 21.2. The largest absolute Gasteiger partial charge is 0.493 e. The van der Waals surface area contributed by atoms with E-state index in [1.807, 2.05) is 40.8 Å². The molecule has 2 aromatic carbocycles. The third kappa shape index (κ3) is 5.93. The van der Waals surface area contributed by atoms with Gasteiger partial charge in [-0.2, -0.15) is 5.26 Å². The van der Waals surface area contributed by atoms with Crippen LogP contribution in [0.5, 0.6) is 11.5 Å². The molecule has 27 heavy (non-hydrogen) atoms. The van der Waals surface area contributed by atoms with E-state index in [0.717, 1.165) is 3.57 Å². The van der Waals surface area contributed by atoms with Crippen molar-refractivity contribution in [2.24, 2.45) is 0 Å². The van der Waals surface area contributed by atoms with Crippen LogP contribution in [0, 0.1) is 18.5 Å². The molecule has 0 radical (unpaired) electrons. The molecule has 0 aliphatic heterocycles. The highest BCUT2D eigenvalue weighted by Gasteiger charge is 2.15. The van der Waals surface area contributed by atoms with Gasteiger partial charge in [-0.25, -0.2) is 0 Å². The molecule has 1 amide bonds. The van der Waals surface area contributed by atoms with Gasteiger partial charge in [-0.1, -0.05) is 6.07 Å². The third-order valence-electron chi connectivity index (χ3n) is 3.26. The Kier molecular flexibility index (Phi) is 7.61. The highest BCUT2D eigenvalue weighted by Crippen LogP contribution is 2.34. The molecule has 0 aliphatic rings. The van der Waals surface area contributed by atoms with Crippen molar-refractivity contribution in [1.29, 1.82) is 5.26 Å². The van der Waals surface area contributed by atoms with Crippen LogP contribution in [0.2, 0.25) is 0 Å². The maximum absolute atomic E-state index is 12.4. The average molecular weight is 588 g/mol. The lowest BCUT2D eigenvalue weighted by Crippen LogP contribution is -2.13. The number of carbonyl (C=O) groups is 2.